The lowest BCUT2D eigenvalue weighted by Crippen LogP contribution is -2.42. The molecule has 2 atom stereocenters. The number of aromatic amines is 1. The summed E-state index contributed by atoms with van der Waals surface area (Å²) in [6, 6.07) is 6.52. The molecule has 7 heteroatoms. The molecule has 1 aliphatic heterocycles. The number of fused-ring (bicyclic) bond motifs is 1. The largest absolute Gasteiger partial charge is 0.387 e. The summed E-state index contributed by atoms with van der Waals surface area (Å²) in [7, 11) is 0. The van der Waals surface area contributed by atoms with Crippen LogP contribution in [0.1, 0.15) is 52.4 Å². The van der Waals surface area contributed by atoms with E-state index in [-0.39, 0.29) is 11.5 Å². The minimum atomic E-state index is -0.504. The molecule has 7 nitrogen and oxygen atoms in total. The fraction of sp³-hybridized carbons (Fsp3) is 0.542. The summed E-state index contributed by atoms with van der Waals surface area (Å²) in [5.41, 5.74) is 6.55. The van der Waals surface area contributed by atoms with Gasteiger partial charge in [0.15, 0.2) is 0 Å². The Morgan fingerprint density at radius 2 is 2.16 bits per heavy atom. The molecule has 2 heterocycles. The number of amidine groups is 1. The van der Waals surface area contributed by atoms with Crippen LogP contribution in [0.2, 0.25) is 0 Å². The van der Waals surface area contributed by atoms with E-state index in [2.05, 4.69) is 34.0 Å². The normalized spacial score (nSPS) is 18.8. The quantitative estimate of drug-likeness (QED) is 0.432. The third kappa shape index (κ3) is 6.40. The molecule has 1 fully saturated rings. The number of amides is 2. The smallest absolute Gasteiger partial charge is 0.347 e. The molecule has 0 saturated carbocycles. The number of hydrogen-bond donors (Lipinski definition) is 3. The predicted molar refractivity (Wildman–Crippen MR) is 128 cm³/mol. The first kappa shape index (κ1) is 23.0. The van der Waals surface area contributed by atoms with Crippen LogP contribution in [-0.2, 0) is 0 Å². The topological polar surface area (TPSA) is 104 Å². The summed E-state index contributed by atoms with van der Waals surface area (Å²) in [5, 5.41) is 4.07. The molecular formula is C24H35N5O2. The Labute approximate surface area is 184 Å². The van der Waals surface area contributed by atoms with Gasteiger partial charge in [0.2, 0.25) is 0 Å². The Kier molecular flexibility index (Phi) is 8.23. The Balaban J connectivity index is 1.58. The first-order valence-corrected chi connectivity index (χ1v) is 11.5. The van der Waals surface area contributed by atoms with E-state index in [9.17, 15) is 9.59 Å². The summed E-state index contributed by atoms with van der Waals surface area (Å²) < 4.78 is 0. The number of nitrogens with one attached hydrogen (secondary N) is 2. The molecule has 1 saturated heterocycles. The molecule has 1 aliphatic rings. The van der Waals surface area contributed by atoms with Crippen LogP contribution in [0.3, 0.4) is 0 Å². The van der Waals surface area contributed by atoms with Gasteiger partial charge in [-0.1, -0.05) is 39.2 Å². The van der Waals surface area contributed by atoms with Gasteiger partial charge < -0.3 is 20.9 Å². The molecule has 4 N–H and O–H groups in total. The Morgan fingerprint density at radius 3 is 2.94 bits per heavy atom. The maximum Gasteiger partial charge on any atom is 0.347 e. The zero-order valence-corrected chi connectivity index (χ0v) is 18.7. The number of nitrogens with zero attached hydrogens (tertiary/aromatic N) is 2. The molecule has 0 aliphatic carbocycles. The third-order valence-electron chi connectivity index (χ3n) is 6.31. The van der Waals surface area contributed by atoms with Gasteiger partial charge in [-0.3, -0.25) is 4.79 Å². The Bertz CT molecular complexity index is 968. The van der Waals surface area contributed by atoms with Crippen molar-refractivity contribution in [2.75, 3.05) is 25.0 Å². The molecule has 0 radical (unpaired) electrons. The summed E-state index contributed by atoms with van der Waals surface area (Å²) in [6.45, 7) is 7.55. The number of hydrogen-bond acceptors (Lipinski definition) is 3. The maximum atomic E-state index is 12.4. The van der Waals surface area contributed by atoms with Crippen molar-refractivity contribution in [2.24, 2.45) is 22.6 Å². The first-order chi connectivity index (χ1) is 15.0. The number of rotatable bonds is 8. The lowest BCUT2D eigenvalue weighted by atomic mass is 9.94. The molecular weight excluding hydrogens is 390 g/mol. The van der Waals surface area contributed by atoms with Crippen LogP contribution < -0.4 is 16.6 Å². The second-order valence-electron chi connectivity index (χ2n) is 8.57. The average molecular weight is 426 g/mol. The number of urea groups is 1. The van der Waals surface area contributed by atoms with E-state index in [4.69, 9.17) is 5.73 Å². The molecule has 3 rings (SSSR count). The van der Waals surface area contributed by atoms with Crippen LogP contribution in [-0.4, -0.2) is 41.4 Å². The van der Waals surface area contributed by atoms with Gasteiger partial charge in [-0.05, 0) is 61.9 Å². The van der Waals surface area contributed by atoms with E-state index in [1.54, 1.807) is 24.4 Å². The molecule has 31 heavy (non-hydrogen) atoms. The molecule has 2 aromatic rings. The number of anilines is 1. The second kappa shape index (κ2) is 11.1. The predicted octanol–water partition coefficient (Wildman–Crippen LogP) is 4.35. The summed E-state index contributed by atoms with van der Waals surface area (Å²) in [6.07, 6.45) is 8.61. The molecule has 168 valence electrons. The minimum Gasteiger partial charge on any atom is -0.387 e. The van der Waals surface area contributed by atoms with E-state index in [1.165, 1.54) is 25.7 Å². The number of likely N-dealkylation sites (tertiary alicyclic amines) is 1. The van der Waals surface area contributed by atoms with Crippen LogP contribution >= 0.6 is 0 Å². The first-order valence-electron chi connectivity index (χ1n) is 11.5. The highest BCUT2D eigenvalue weighted by molar-refractivity contribution is 6.01. The zero-order chi connectivity index (χ0) is 22.2. The van der Waals surface area contributed by atoms with Crippen LogP contribution in [0.5, 0.6) is 0 Å². The van der Waals surface area contributed by atoms with Crippen LogP contribution in [0, 0.1) is 11.8 Å². The SMILES string of the molecule is CCCC(CC)CCN1CCCC(/C(N)=N/C(=O)Nc2ccc3cc[nH]c(=O)c3c2)C1. The van der Waals surface area contributed by atoms with Crippen molar-refractivity contribution >= 4 is 28.3 Å². The van der Waals surface area contributed by atoms with Gasteiger partial charge in [0, 0.05) is 29.7 Å². The number of pyridine rings is 1. The standard InChI is InChI=1S/C24H35N5O2/c1-3-6-17(4-2)11-14-29-13-5-7-19(16-29)22(25)28-24(31)27-20-9-8-18-10-12-26-23(30)21(18)15-20/h8-10,12,15,17,19H,3-7,11,13-14,16H2,1-2H3,(H,26,30)(H3,25,27,28,31). The van der Waals surface area contributed by atoms with Crippen molar-refractivity contribution in [1.82, 2.24) is 9.88 Å². The molecule has 2 unspecified atom stereocenters. The van der Waals surface area contributed by atoms with Crippen molar-refractivity contribution in [1.29, 1.82) is 0 Å². The molecule has 1 aromatic carbocycles. The number of aliphatic imine (C=N–C) groups is 1. The average Bonchev–Trinajstić information content (AvgIpc) is 2.77. The van der Waals surface area contributed by atoms with Gasteiger partial charge in [-0.25, -0.2) is 4.79 Å². The fourth-order valence-electron chi connectivity index (χ4n) is 4.45. The van der Waals surface area contributed by atoms with Crippen molar-refractivity contribution in [3.8, 4) is 0 Å². The van der Waals surface area contributed by atoms with E-state index in [0.29, 0.717) is 16.9 Å². The molecule has 2 amide bonds. The van der Waals surface area contributed by atoms with Crippen molar-refractivity contribution in [2.45, 2.75) is 52.4 Å². The minimum absolute atomic E-state index is 0.102. The Morgan fingerprint density at radius 1 is 1.32 bits per heavy atom. The van der Waals surface area contributed by atoms with E-state index < -0.39 is 6.03 Å². The van der Waals surface area contributed by atoms with Gasteiger partial charge in [0.05, 0.1) is 0 Å². The van der Waals surface area contributed by atoms with Crippen LogP contribution in [0.25, 0.3) is 10.8 Å². The summed E-state index contributed by atoms with van der Waals surface area (Å²) in [4.78, 5) is 33.6. The highest BCUT2D eigenvalue weighted by atomic mass is 16.2. The highest BCUT2D eigenvalue weighted by Gasteiger charge is 2.23. The monoisotopic (exact) mass is 425 g/mol. The number of H-pyrrole nitrogens is 1. The van der Waals surface area contributed by atoms with Gasteiger partial charge in [-0.2, -0.15) is 4.99 Å². The lowest BCUT2D eigenvalue weighted by Gasteiger charge is -2.33. The second-order valence-corrected chi connectivity index (χ2v) is 8.57. The Hall–Kier alpha value is -2.67. The number of aromatic nitrogens is 1. The number of benzene rings is 1. The number of nitrogens with two attached hydrogens (primary N) is 1. The highest BCUT2D eigenvalue weighted by Crippen LogP contribution is 2.21. The third-order valence-corrected chi connectivity index (χ3v) is 6.31. The fourth-order valence-corrected chi connectivity index (χ4v) is 4.45. The zero-order valence-electron chi connectivity index (χ0n) is 18.7. The van der Waals surface area contributed by atoms with E-state index in [1.807, 2.05) is 6.07 Å². The molecule has 0 bridgehead atoms. The van der Waals surface area contributed by atoms with Crippen LogP contribution in [0.4, 0.5) is 10.5 Å². The van der Waals surface area contributed by atoms with Crippen molar-refractivity contribution in [3.63, 3.8) is 0 Å². The van der Waals surface area contributed by atoms with E-state index >= 15 is 0 Å². The lowest BCUT2D eigenvalue weighted by molar-refractivity contribution is 0.188. The maximum absolute atomic E-state index is 12.4. The number of piperidine rings is 1. The number of carbonyl (C=O) groups is 1. The van der Waals surface area contributed by atoms with Crippen molar-refractivity contribution < 1.29 is 4.79 Å². The number of carbonyl (C=O) groups excluding carboxylic acids is 1. The molecule has 0 spiro atoms. The van der Waals surface area contributed by atoms with Gasteiger partial charge in [-0.15, -0.1) is 0 Å². The summed E-state index contributed by atoms with van der Waals surface area (Å²) >= 11 is 0. The molecule has 1 aromatic heterocycles. The van der Waals surface area contributed by atoms with E-state index in [0.717, 1.165) is 43.8 Å². The van der Waals surface area contributed by atoms with Gasteiger partial charge in [0.1, 0.15) is 5.84 Å². The van der Waals surface area contributed by atoms with Crippen molar-refractivity contribution in [3.05, 3.63) is 40.8 Å². The van der Waals surface area contributed by atoms with Gasteiger partial charge in [0.25, 0.3) is 5.56 Å². The summed E-state index contributed by atoms with van der Waals surface area (Å²) in [5.74, 6) is 1.28. The van der Waals surface area contributed by atoms with Gasteiger partial charge >= 0.3 is 6.03 Å². The van der Waals surface area contributed by atoms with Crippen LogP contribution in [0.15, 0.2) is 40.2 Å².